The Bertz CT molecular complexity index is 643. The molecule has 0 aromatic carbocycles. The van der Waals surface area contributed by atoms with Crippen molar-refractivity contribution in [1.82, 2.24) is 19.7 Å². The molecule has 0 aliphatic carbocycles. The van der Waals surface area contributed by atoms with Crippen molar-refractivity contribution in [1.29, 1.82) is 5.26 Å². The van der Waals surface area contributed by atoms with Gasteiger partial charge in [-0.05, 0) is 24.5 Å². The van der Waals surface area contributed by atoms with Gasteiger partial charge in [0.2, 0.25) is 0 Å². The molecule has 0 atom stereocenters. The van der Waals surface area contributed by atoms with E-state index in [9.17, 15) is 0 Å². The second-order valence-corrected chi connectivity index (χ2v) is 5.72. The van der Waals surface area contributed by atoms with E-state index in [1.54, 1.807) is 18.0 Å². The molecule has 3 heterocycles. The van der Waals surface area contributed by atoms with Crippen molar-refractivity contribution < 1.29 is 0 Å². The van der Waals surface area contributed by atoms with Gasteiger partial charge in [-0.15, -0.1) is 10.2 Å². The molecule has 0 saturated heterocycles. The van der Waals surface area contributed by atoms with E-state index >= 15 is 0 Å². The third-order valence-corrected chi connectivity index (χ3v) is 4.45. The molecule has 0 spiro atoms. The number of aryl methyl sites for hydroxylation is 1. The predicted molar refractivity (Wildman–Crippen MR) is 76.1 cm³/mol. The lowest BCUT2D eigenvalue weighted by Crippen LogP contribution is -2.02. The first kappa shape index (κ1) is 13.1. The molecule has 0 fully saturated rings. The fourth-order valence-electron chi connectivity index (χ4n) is 2.36. The lowest BCUT2D eigenvalue weighted by molar-refractivity contribution is 0.591. The summed E-state index contributed by atoms with van der Waals surface area (Å²) >= 11 is 1.63. The van der Waals surface area contributed by atoms with Crippen LogP contribution in [0.15, 0.2) is 23.5 Å². The van der Waals surface area contributed by atoms with Crippen LogP contribution in [0.4, 0.5) is 0 Å². The van der Waals surface area contributed by atoms with Gasteiger partial charge in [-0.1, -0.05) is 24.2 Å². The SMILES string of the molecule is N#Cc1ncccc1CSc1nnc2n1CCCCC2. The van der Waals surface area contributed by atoms with Gasteiger partial charge in [-0.3, -0.25) is 0 Å². The number of nitriles is 1. The van der Waals surface area contributed by atoms with Gasteiger partial charge in [-0.25, -0.2) is 4.98 Å². The van der Waals surface area contributed by atoms with Gasteiger partial charge in [0.1, 0.15) is 17.6 Å². The van der Waals surface area contributed by atoms with E-state index in [1.165, 1.54) is 19.3 Å². The van der Waals surface area contributed by atoms with E-state index in [1.807, 2.05) is 12.1 Å². The van der Waals surface area contributed by atoms with Crippen molar-refractivity contribution >= 4 is 11.8 Å². The number of rotatable bonds is 3. The quantitative estimate of drug-likeness (QED) is 0.811. The highest BCUT2D eigenvalue weighted by molar-refractivity contribution is 7.98. The summed E-state index contributed by atoms with van der Waals surface area (Å²) in [5, 5.41) is 18.6. The first-order chi connectivity index (χ1) is 9.88. The van der Waals surface area contributed by atoms with E-state index in [-0.39, 0.29) is 0 Å². The Balaban J connectivity index is 1.76. The second-order valence-electron chi connectivity index (χ2n) is 4.77. The normalized spacial score (nSPS) is 14.3. The molecule has 5 nitrogen and oxygen atoms in total. The maximum Gasteiger partial charge on any atom is 0.191 e. The average Bonchev–Trinajstić information content (AvgIpc) is 2.72. The first-order valence-corrected chi connectivity index (χ1v) is 7.76. The number of hydrogen-bond acceptors (Lipinski definition) is 5. The van der Waals surface area contributed by atoms with Crippen molar-refractivity contribution in [2.45, 2.75) is 43.1 Å². The molecule has 3 rings (SSSR count). The minimum atomic E-state index is 0.496. The van der Waals surface area contributed by atoms with Crippen LogP contribution in [0.25, 0.3) is 0 Å². The number of aromatic nitrogens is 4. The van der Waals surface area contributed by atoms with Crippen molar-refractivity contribution in [3.63, 3.8) is 0 Å². The second kappa shape index (κ2) is 6.06. The van der Waals surface area contributed by atoms with Crippen LogP contribution in [0.2, 0.25) is 0 Å². The van der Waals surface area contributed by atoms with E-state index in [4.69, 9.17) is 5.26 Å². The highest BCUT2D eigenvalue weighted by Gasteiger charge is 2.15. The van der Waals surface area contributed by atoms with Crippen LogP contribution in [0.1, 0.15) is 36.3 Å². The summed E-state index contributed by atoms with van der Waals surface area (Å²) in [5.74, 6) is 1.80. The Labute approximate surface area is 122 Å². The average molecular weight is 285 g/mol. The minimum Gasteiger partial charge on any atom is -0.306 e. The molecule has 20 heavy (non-hydrogen) atoms. The zero-order chi connectivity index (χ0) is 13.8. The van der Waals surface area contributed by atoms with Crippen LogP contribution in [0.3, 0.4) is 0 Å². The van der Waals surface area contributed by atoms with E-state index in [0.717, 1.165) is 29.5 Å². The van der Waals surface area contributed by atoms with Gasteiger partial charge >= 0.3 is 0 Å². The minimum absolute atomic E-state index is 0.496. The van der Waals surface area contributed by atoms with Crippen LogP contribution in [0, 0.1) is 11.3 Å². The summed E-state index contributed by atoms with van der Waals surface area (Å²) in [4.78, 5) is 4.08. The lowest BCUT2D eigenvalue weighted by Gasteiger charge is -2.06. The molecular weight excluding hydrogens is 270 g/mol. The van der Waals surface area contributed by atoms with Crippen LogP contribution < -0.4 is 0 Å². The lowest BCUT2D eigenvalue weighted by atomic mass is 10.2. The van der Waals surface area contributed by atoms with Gasteiger partial charge < -0.3 is 4.57 Å². The monoisotopic (exact) mass is 285 g/mol. The zero-order valence-corrected chi connectivity index (χ0v) is 11.9. The first-order valence-electron chi connectivity index (χ1n) is 6.77. The predicted octanol–water partition coefficient (Wildman–Crippen LogP) is 2.56. The topological polar surface area (TPSA) is 67.4 Å². The van der Waals surface area contributed by atoms with E-state index < -0.39 is 0 Å². The van der Waals surface area contributed by atoms with Gasteiger partial charge in [0.15, 0.2) is 5.16 Å². The molecule has 2 aromatic rings. The Morgan fingerprint density at radius 2 is 2.25 bits per heavy atom. The molecule has 1 aliphatic rings. The fraction of sp³-hybridized carbons (Fsp3) is 0.429. The van der Waals surface area contributed by atoms with Gasteiger partial charge in [0.25, 0.3) is 0 Å². The molecule has 6 heteroatoms. The highest BCUT2D eigenvalue weighted by Crippen LogP contribution is 2.25. The summed E-state index contributed by atoms with van der Waals surface area (Å²) in [5.41, 5.74) is 1.45. The number of nitrogens with zero attached hydrogens (tertiary/aromatic N) is 5. The maximum absolute atomic E-state index is 9.05. The Kier molecular flexibility index (Phi) is 3.97. The molecule has 2 aromatic heterocycles. The van der Waals surface area contributed by atoms with E-state index in [0.29, 0.717) is 11.4 Å². The number of pyridine rings is 1. The zero-order valence-electron chi connectivity index (χ0n) is 11.1. The summed E-state index contributed by atoms with van der Waals surface area (Å²) < 4.78 is 2.22. The number of hydrogen-bond donors (Lipinski definition) is 0. The van der Waals surface area contributed by atoms with Crippen LogP contribution in [-0.4, -0.2) is 19.7 Å². The molecule has 0 amide bonds. The summed E-state index contributed by atoms with van der Waals surface area (Å²) in [6, 6.07) is 5.94. The van der Waals surface area contributed by atoms with Crippen molar-refractivity contribution in [2.24, 2.45) is 0 Å². The molecule has 0 N–H and O–H groups in total. The summed E-state index contributed by atoms with van der Waals surface area (Å²) in [7, 11) is 0. The van der Waals surface area contributed by atoms with E-state index in [2.05, 4.69) is 25.8 Å². The summed E-state index contributed by atoms with van der Waals surface area (Å²) in [6.07, 6.45) is 6.31. The molecule has 0 saturated carbocycles. The van der Waals surface area contributed by atoms with Crippen LogP contribution >= 0.6 is 11.8 Å². The highest BCUT2D eigenvalue weighted by atomic mass is 32.2. The molecule has 1 aliphatic heterocycles. The third-order valence-electron chi connectivity index (χ3n) is 3.43. The standard InChI is InChI=1S/C14H15N5S/c15-9-12-11(5-4-7-16-12)10-20-14-18-17-13-6-2-1-3-8-19(13)14/h4-5,7H,1-3,6,8,10H2. The van der Waals surface area contributed by atoms with Gasteiger partial charge in [0, 0.05) is 24.9 Å². The largest absolute Gasteiger partial charge is 0.306 e. The Morgan fingerprint density at radius 3 is 3.15 bits per heavy atom. The Hall–Kier alpha value is -1.87. The molecule has 102 valence electrons. The number of fused-ring (bicyclic) bond motifs is 1. The summed E-state index contributed by atoms with van der Waals surface area (Å²) in [6.45, 7) is 1.00. The van der Waals surface area contributed by atoms with Crippen LogP contribution in [0.5, 0.6) is 0 Å². The molecule has 0 unspecified atom stereocenters. The third kappa shape index (κ3) is 2.68. The number of thioether (sulfide) groups is 1. The molecule has 0 bridgehead atoms. The Morgan fingerprint density at radius 1 is 1.30 bits per heavy atom. The van der Waals surface area contributed by atoms with Gasteiger partial charge in [0.05, 0.1) is 0 Å². The maximum atomic E-state index is 9.05. The molecular formula is C14H15N5S. The van der Waals surface area contributed by atoms with Crippen LogP contribution in [-0.2, 0) is 18.7 Å². The van der Waals surface area contributed by atoms with Crippen molar-refractivity contribution in [2.75, 3.05) is 0 Å². The van der Waals surface area contributed by atoms with Crippen molar-refractivity contribution in [3.8, 4) is 6.07 Å². The molecule has 0 radical (unpaired) electrons. The smallest absolute Gasteiger partial charge is 0.191 e. The fourth-order valence-corrected chi connectivity index (χ4v) is 3.33. The van der Waals surface area contributed by atoms with Crippen molar-refractivity contribution in [3.05, 3.63) is 35.4 Å². The van der Waals surface area contributed by atoms with Gasteiger partial charge in [-0.2, -0.15) is 5.26 Å².